The minimum Gasteiger partial charge on any atom is -0.382 e. The fourth-order valence-corrected chi connectivity index (χ4v) is 2.67. The lowest BCUT2D eigenvalue weighted by molar-refractivity contribution is 0.103. The van der Waals surface area contributed by atoms with Crippen molar-refractivity contribution in [1.29, 1.82) is 0 Å². The zero-order valence-electron chi connectivity index (χ0n) is 11.2. The summed E-state index contributed by atoms with van der Waals surface area (Å²) in [4.78, 5) is 16.7. The van der Waals surface area contributed by atoms with Crippen LogP contribution in [0.5, 0.6) is 0 Å². The second-order valence-corrected chi connectivity index (χ2v) is 6.06. The van der Waals surface area contributed by atoms with Gasteiger partial charge in [0.25, 0.3) is 5.91 Å². The molecule has 2 rings (SSSR count). The summed E-state index contributed by atoms with van der Waals surface area (Å²) in [7, 11) is 0. The van der Waals surface area contributed by atoms with Gasteiger partial charge in [-0.3, -0.25) is 4.79 Å². The fraction of sp³-hybridized carbons (Fsp3) is 0.231. The van der Waals surface area contributed by atoms with E-state index in [-0.39, 0.29) is 11.7 Å². The number of nitrogens with zero attached hydrogens (tertiary/aromatic N) is 1. The first-order valence-corrected chi connectivity index (χ1v) is 7.85. The number of nitrogens with two attached hydrogens (primary N) is 1. The quantitative estimate of drug-likeness (QED) is 0.762. The van der Waals surface area contributed by atoms with Crippen LogP contribution in [0, 0.1) is 0 Å². The van der Waals surface area contributed by atoms with E-state index < -0.39 is 0 Å². The van der Waals surface area contributed by atoms with Crippen LogP contribution in [0.1, 0.15) is 23.0 Å². The van der Waals surface area contributed by atoms with Crippen molar-refractivity contribution >= 4 is 57.1 Å². The second kappa shape index (κ2) is 6.98. The van der Waals surface area contributed by atoms with E-state index >= 15 is 0 Å². The lowest BCUT2D eigenvalue weighted by atomic mass is 10.3. The molecule has 1 aromatic carbocycles. The highest BCUT2D eigenvalue weighted by Gasteiger charge is 2.16. The third-order valence-corrected chi connectivity index (χ3v) is 4.33. The number of rotatable bonds is 5. The number of aromatic nitrogens is 1. The van der Waals surface area contributed by atoms with Gasteiger partial charge in [0.15, 0.2) is 5.13 Å². The standard InChI is InChI=1S/C13H14Cl2N4OS/c1-2-5-17-13-19-11(16)10(21-13)12(20)18-7-3-4-8(14)9(15)6-7/h3-4,6H,2,5,16H2,1H3,(H,17,19)(H,18,20). The van der Waals surface area contributed by atoms with Gasteiger partial charge in [-0.25, -0.2) is 4.98 Å². The smallest absolute Gasteiger partial charge is 0.269 e. The minimum atomic E-state index is -0.326. The van der Waals surface area contributed by atoms with Crippen molar-refractivity contribution in [3.63, 3.8) is 0 Å². The number of nitrogens with one attached hydrogen (secondary N) is 2. The zero-order valence-corrected chi connectivity index (χ0v) is 13.6. The van der Waals surface area contributed by atoms with Crippen LogP contribution in [0.2, 0.25) is 10.0 Å². The van der Waals surface area contributed by atoms with Crippen LogP contribution in [0.3, 0.4) is 0 Å². The molecule has 21 heavy (non-hydrogen) atoms. The summed E-state index contributed by atoms with van der Waals surface area (Å²) in [5.74, 6) is -0.121. The average Bonchev–Trinajstić information content (AvgIpc) is 2.82. The maximum absolute atomic E-state index is 12.2. The lowest BCUT2D eigenvalue weighted by Crippen LogP contribution is -2.12. The fourth-order valence-electron chi connectivity index (χ4n) is 1.56. The van der Waals surface area contributed by atoms with E-state index in [1.807, 2.05) is 6.92 Å². The van der Waals surface area contributed by atoms with Crippen molar-refractivity contribution in [3.8, 4) is 0 Å². The van der Waals surface area contributed by atoms with Crippen LogP contribution in [0.25, 0.3) is 0 Å². The number of halogens is 2. The molecule has 4 N–H and O–H groups in total. The normalized spacial score (nSPS) is 10.4. The first-order valence-electron chi connectivity index (χ1n) is 6.27. The Hall–Kier alpha value is -1.50. The van der Waals surface area contributed by atoms with Gasteiger partial charge in [-0.15, -0.1) is 0 Å². The lowest BCUT2D eigenvalue weighted by Gasteiger charge is -2.05. The molecule has 5 nitrogen and oxygen atoms in total. The van der Waals surface area contributed by atoms with E-state index in [0.717, 1.165) is 13.0 Å². The Balaban J connectivity index is 2.12. The first-order chi connectivity index (χ1) is 10.0. The summed E-state index contributed by atoms with van der Waals surface area (Å²) in [6.07, 6.45) is 0.963. The number of anilines is 3. The van der Waals surface area contributed by atoms with E-state index in [4.69, 9.17) is 28.9 Å². The Labute approximate surface area is 136 Å². The maximum Gasteiger partial charge on any atom is 0.269 e. The number of hydrogen-bond acceptors (Lipinski definition) is 5. The second-order valence-electron chi connectivity index (χ2n) is 4.24. The molecule has 0 aliphatic heterocycles. The number of carbonyl (C=O) groups is 1. The highest BCUT2D eigenvalue weighted by molar-refractivity contribution is 7.18. The van der Waals surface area contributed by atoms with Gasteiger partial charge < -0.3 is 16.4 Å². The molecule has 1 amide bonds. The topological polar surface area (TPSA) is 80.0 Å². The van der Waals surface area contributed by atoms with Crippen LogP contribution in [-0.4, -0.2) is 17.4 Å². The van der Waals surface area contributed by atoms with E-state index in [9.17, 15) is 4.79 Å². The maximum atomic E-state index is 12.2. The molecule has 1 aromatic heterocycles. The zero-order chi connectivity index (χ0) is 15.4. The first kappa shape index (κ1) is 15.9. The summed E-state index contributed by atoms with van der Waals surface area (Å²) < 4.78 is 0. The predicted octanol–water partition coefficient (Wildman–Crippen LogP) is 4.11. The monoisotopic (exact) mass is 344 g/mol. The third-order valence-electron chi connectivity index (χ3n) is 2.56. The summed E-state index contributed by atoms with van der Waals surface area (Å²) in [6.45, 7) is 2.82. The van der Waals surface area contributed by atoms with E-state index in [0.29, 0.717) is 25.7 Å². The summed E-state index contributed by atoms with van der Waals surface area (Å²) in [5, 5.41) is 7.25. The molecule has 0 radical (unpaired) electrons. The van der Waals surface area contributed by atoms with Gasteiger partial charge in [0, 0.05) is 12.2 Å². The molecule has 2 aromatic rings. The van der Waals surface area contributed by atoms with E-state index in [2.05, 4.69) is 15.6 Å². The number of hydrogen-bond donors (Lipinski definition) is 3. The summed E-state index contributed by atoms with van der Waals surface area (Å²) in [6, 6.07) is 4.86. The molecule has 0 atom stereocenters. The predicted molar refractivity (Wildman–Crippen MR) is 89.7 cm³/mol. The molecular formula is C13H14Cl2N4OS. The molecule has 112 valence electrons. The number of carbonyl (C=O) groups excluding carboxylic acids is 1. The molecule has 1 heterocycles. The molecular weight excluding hydrogens is 331 g/mol. The Bertz CT molecular complexity index is 660. The molecule has 0 bridgehead atoms. The van der Waals surface area contributed by atoms with Crippen molar-refractivity contribution in [3.05, 3.63) is 33.1 Å². The summed E-state index contributed by atoms with van der Waals surface area (Å²) in [5.41, 5.74) is 6.32. The number of amides is 1. The van der Waals surface area contributed by atoms with Gasteiger partial charge >= 0.3 is 0 Å². The van der Waals surface area contributed by atoms with Gasteiger partial charge in [-0.1, -0.05) is 41.5 Å². The Morgan fingerprint density at radius 1 is 1.38 bits per heavy atom. The number of benzene rings is 1. The van der Waals surface area contributed by atoms with Crippen molar-refractivity contribution in [2.75, 3.05) is 22.9 Å². The molecule has 8 heteroatoms. The van der Waals surface area contributed by atoms with E-state index in [1.165, 1.54) is 11.3 Å². The molecule has 0 saturated heterocycles. The molecule has 0 aliphatic rings. The van der Waals surface area contributed by atoms with Crippen molar-refractivity contribution in [1.82, 2.24) is 4.98 Å². The van der Waals surface area contributed by atoms with Gasteiger partial charge in [-0.2, -0.15) is 0 Å². The number of thiazole rings is 1. The molecule has 0 aliphatic carbocycles. The molecule has 0 saturated carbocycles. The van der Waals surface area contributed by atoms with Crippen LogP contribution < -0.4 is 16.4 Å². The third kappa shape index (κ3) is 4.00. The summed E-state index contributed by atoms with van der Waals surface area (Å²) >= 11 is 13.0. The van der Waals surface area contributed by atoms with E-state index in [1.54, 1.807) is 18.2 Å². The van der Waals surface area contributed by atoms with Crippen molar-refractivity contribution in [2.24, 2.45) is 0 Å². The van der Waals surface area contributed by atoms with Gasteiger partial charge in [0.05, 0.1) is 10.0 Å². The van der Waals surface area contributed by atoms with Crippen LogP contribution in [0.4, 0.5) is 16.6 Å². The number of nitrogen functional groups attached to an aromatic ring is 1. The van der Waals surface area contributed by atoms with Crippen molar-refractivity contribution in [2.45, 2.75) is 13.3 Å². The highest BCUT2D eigenvalue weighted by atomic mass is 35.5. The SMILES string of the molecule is CCCNc1nc(N)c(C(=O)Nc2ccc(Cl)c(Cl)c2)s1. The van der Waals surface area contributed by atoms with Gasteiger partial charge in [0.2, 0.25) is 0 Å². The largest absolute Gasteiger partial charge is 0.382 e. The Morgan fingerprint density at radius 3 is 2.81 bits per heavy atom. The minimum absolute atomic E-state index is 0.205. The van der Waals surface area contributed by atoms with Crippen LogP contribution in [-0.2, 0) is 0 Å². The molecule has 0 unspecified atom stereocenters. The average molecular weight is 345 g/mol. The van der Waals surface area contributed by atoms with Gasteiger partial charge in [-0.05, 0) is 24.6 Å². The van der Waals surface area contributed by atoms with Crippen LogP contribution >= 0.6 is 34.5 Å². The molecule has 0 fully saturated rings. The van der Waals surface area contributed by atoms with Crippen LogP contribution in [0.15, 0.2) is 18.2 Å². The molecule has 0 spiro atoms. The van der Waals surface area contributed by atoms with Crippen molar-refractivity contribution < 1.29 is 4.79 Å². The Kier molecular flexibility index (Phi) is 5.27. The van der Waals surface area contributed by atoms with Gasteiger partial charge in [0.1, 0.15) is 10.7 Å². The highest BCUT2D eigenvalue weighted by Crippen LogP contribution is 2.28. The Morgan fingerprint density at radius 2 is 2.14 bits per heavy atom.